The molecule has 0 amide bonds. The van der Waals surface area contributed by atoms with Gasteiger partial charge in [-0.1, -0.05) is 17.7 Å². The van der Waals surface area contributed by atoms with Gasteiger partial charge in [-0.2, -0.15) is 4.72 Å². The Balaban J connectivity index is 0. The molecule has 0 heterocycles. The highest BCUT2D eigenvalue weighted by Gasteiger charge is 2.26. The first-order chi connectivity index (χ1) is 8.69. The van der Waals surface area contributed by atoms with Crippen LogP contribution in [-0.2, 0) is 14.8 Å². The van der Waals surface area contributed by atoms with E-state index in [9.17, 15) is 13.2 Å². The molecule has 6 nitrogen and oxygen atoms in total. The molecule has 122 valence electrons. The summed E-state index contributed by atoms with van der Waals surface area (Å²) < 4.78 is 26.6. The molecule has 1 rings (SSSR count). The van der Waals surface area contributed by atoms with E-state index in [4.69, 9.17) is 10.8 Å². The van der Waals surface area contributed by atoms with Crippen LogP contribution in [0, 0.1) is 20.8 Å². The lowest BCUT2D eigenvalue weighted by atomic mass is 10.1. The molecule has 21 heavy (non-hydrogen) atoms. The summed E-state index contributed by atoms with van der Waals surface area (Å²) in [6.45, 7) is 4.90. The predicted octanol–water partition coefficient (Wildman–Crippen LogP) is 1.34. The van der Waals surface area contributed by atoms with Gasteiger partial charge in [0, 0.05) is 6.54 Å². The minimum atomic E-state index is -3.91. The Bertz CT molecular complexity index is 584. The summed E-state index contributed by atoms with van der Waals surface area (Å²) in [6, 6.07) is 2.14. The van der Waals surface area contributed by atoms with E-state index in [1.165, 1.54) is 0 Å². The van der Waals surface area contributed by atoms with E-state index in [1.54, 1.807) is 26.0 Å². The van der Waals surface area contributed by atoms with Crippen LogP contribution in [0.2, 0.25) is 0 Å². The summed E-state index contributed by atoms with van der Waals surface area (Å²) in [4.78, 5) is 11.0. The van der Waals surface area contributed by atoms with Gasteiger partial charge >= 0.3 is 5.97 Å². The third-order valence-corrected chi connectivity index (χ3v) is 4.48. The Labute approximate surface area is 148 Å². The fourth-order valence-electron chi connectivity index (χ4n) is 2.04. The molecule has 4 N–H and O–H groups in total. The number of aryl methyl sites for hydroxylation is 3. The summed E-state index contributed by atoms with van der Waals surface area (Å²) in [5, 5.41) is 8.86. The molecular formula is C12H20ClIN2O4S. The van der Waals surface area contributed by atoms with Crippen molar-refractivity contribution < 1.29 is 18.3 Å². The van der Waals surface area contributed by atoms with E-state index >= 15 is 0 Å². The van der Waals surface area contributed by atoms with Crippen LogP contribution in [0.1, 0.15) is 16.7 Å². The van der Waals surface area contributed by atoms with E-state index in [1.807, 2.05) is 6.92 Å². The first kappa shape index (κ1) is 22.9. The van der Waals surface area contributed by atoms with Crippen molar-refractivity contribution in [3.05, 3.63) is 28.8 Å². The maximum Gasteiger partial charge on any atom is 0.323 e. The number of benzene rings is 1. The molecule has 9 heteroatoms. The summed E-state index contributed by atoms with van der Waals surface area (Å²) >= 11 is 0. The van der Waals surface area contributed by atoms with Gasteiger partial charge in [-0.05, 0) is 31.9 Å². The van der Waals surface area contributed by atoms with Crippen LogP contribution in [0.4, 0.5) is 0 Å². The molecule has 0 aliphatic rings. The average Bonchev–Trinajstić information content (AvgIpc) is 2.23. The molecule has 0 bridgehead atoms. The lowest BCUT2D eigenvalue weighted by Crippen LogP contribution is -2.45. The van der Waals surface area contributed by atoms with Gasteiger partial charge in [0.05, 0.1) is 4.90 Å². The fraction of sp³-hybridized carbons (Fsp3) is 0.417. The number of carboxylic acids is 1. The number of hydrogen-bond acceptors (Lipinski definition) is 4. The minimum Gasteiger partial charge on any atom is -0.480 e. The molecule has 0 fully saturated rings. The van der Waals surface area contributed by atoms with Crippen LogP contribution in [0.3, 0.4) is 0 Å². The van der Waals surface area contributed by atoms with Crippen molar-refractivity contribution in [1.29, 1.82) is 0 Å². The molecular weight excluding hydrogens is 431 g/mol. The first-order valence-corrected chi connectivity index (χ1v) is 7.20. The lowest BCUT2D eigenvalue weighted by Gasteiger charge is -2.16. The van der Waals surface area contributed by atoms with Crippen LogP contribution in [-0.4, -0.2) is 32.1 Å². The number of sulfonamides is 1. The standard InChI is InChI=1S/C12H18N2O4S.ClH.HI/c1-7-4-8(2)11(9(3)5-7)19(17,18)14-10(6-13)12(15)16;;/h4-5,10,14H,6,13H2,1-3H3,(H,15,16);2*1H/t10-;;/m0../s1. The zero-order valence-electron chi connectivity index (χ0n) is 11.9. The topological polar surface area (TPSA) is 109 Å². The van der Waals surface area contributed by atoms with Gasteiger partial charge in [0.1, 0.15) is 6.04 Å². The third-order valence-electron chi connectivity index (χ3n) is 2.70. The molecule has 1 aromatic carbocycles. The minimum absolute atomic E-state index is 0. The second-order valence-corrected chi connectivity index (χ2v) is 6.13. The zero-order chi connectivity index (χ0) is 14.8. The van der Waals surface area contributed by atoms with Crippen molar-refractivity contribution in [3.8, 4) is 0 Å². The van der Waals surface area contributed by atoms with Crippen molar-refractivity contribution in [2.24, 2.45) is 5.73 Å². The van der Waals surface area contributed by atoms with Crippen LogP contribution >= 0.6 is 36.4 Å². The molecule has 0 aliphatic carbocycles. The Morgan fingerprint density at radius 3 is 2.05 bits per heavy atom. The fourth-order valence-corrected chi connectivity index (χ4v) is 3.69. The van der Waals surface area contributed by atoms with E-state index in [0.29, 0.717) is 11.1 Å². The summed E-state index contributed by atoms with van der Waals surface area (Å²) in [5.41, 5.74) is 7.35. The Morgan fingerprint density at radius 2 is 1.71 bits per heavy atom. The average molecular weight is 451 g/mol. The first-order valence-electron chi connectivity index (χ1n) is 5.72. The number of halogens is 2. The second-order valence-electron chi connectivity index (χ2n) is 4.48. The van der Waals surface area contributed by atoms with Gasteiger partial charge in [-0.15, -0.1) is 36.4 Å². The van der Waals surface area contributed by atoms with Crippen LogP contribution in [0.15, 0.2) is 17.0 Å². The monoisotopic (exact) mass is 450 g/mol. The maximum absolute atomic E-state index is 12.2. The van der Waals surface area contributed by atoms with E-state index in [0.717, 1.165) is 5.56 Å². The zero-order valence-corrected chi connectivity index (χ0v) is 15.9. The largest absolute Gasteiger partial charge is 0.480 e. The maximum atomic E-state index is 12.2. The van der Waals surface area contributed by atoms with E-state index < -0.39 is 22.0 Å². The van der Waals surface area contributed by atoms with Crippen molar-refractivity contribution in [3.63, 3.8) is 0 Å². The SMILES string of the molecule is Cc1cc(C)c(S(=O)(=O)N[C@@H](CN)C(=O)O)c(C)c1.Cl.I. The predicted molar refractivity (Wildman–Crippen MR) is 94.1 cm³/mol. The molecule has 1 atom stereocenters. The molecule has 0 aromatic heterocycles. The highest BCUT2D eigenvalue weighted by Crippen LogP contribution is 2.21. The molecule has 0 radical (unpaired) electrons. The quantitative estimate of drug-likeness (QED) is 0.587. The molecule has 0 unspecified atom stereocenters. The number of carboxylic acid groups (broad SMARTS) is 1. The number of nitrogens with one attached hydrogen (secondary N) is 1. The highest BCUT2D eigenvalue weighted by molar-refractivity contribution is 14.0. The van der Waals surface area contributed by atoms with Crippen LogP contribution in [0.5, 0.6) is 0 Å². The Morgan fingerprint density at radius 1 is 1.29 bits per heavy atom. The van der Waals surface area contributed by atoms with Gasteiger partial charge in [-0.3, -0.25) is 4.79 Å². The molecule has 1 aromatic rings. The van der Waals surface area contributed by atoms with Crippen molar-refractivity contribution in [2.75, 3.05) is 6.54 Å². The van der Waals surface area contributed by atoms with Gasteiger partial charge in [0.15, 0.2) is 0 Å². The Kier molecular flexibility index (Phi) is 9.67. The van der Waals surface area contributed by atoms with Gasteiger partial charge in [-0.25, -0.2) is 8.42 Å². The molecule has 0 saturated heterocycles. The van der Waals surface area contributed by atoms with Crippen molar-refractivity contribution in [1.82, 2.24) is 4.72 Å². The van der Waals surface area contributed by atoms with Crippen molar-refractivity contribution in [2.45, 2.75) is 31.7 Å². The molecule has 0 spiro atoms. The molecule has 0 saturated carbocycles. The van der Waals surface area contributed by atoms with E-state index in [-0.39, 0.29) is 47.8 Å². The molecule has 0 aliphatic heterocycles. The number of carbonyl (C=O) groups is 1. The number of rotatable bonds is 5. The summed E-state index contributed by atoms with van der Waals surface area (Å²) in [5.74, 6) is -1.30. The van der Waals surface area contributed by atoms with Crippen LogP contribution in [0.25, 0.3) is 0 Å². The number of aliphatic carboxylic acids is 1. The number of nitrogens with two attached hydrogens (primary N) is 1. The van der Waals surface area contributed by atoms with Crippen molar-refractivity contribution >= 4 is 52.4 Å². The lowest BCUT2D eigenvalue weighted by molar-refractivity contribution is -0.138. The summed E-state index contributed by atoms with van der Waals surface area (Å²) in [6.07, 6.45) is 0. The Hall–Kier alpha value is -0.420. The van der Waals surface area contributed by atoms with Gasteiger partial charge in [0.2, 0.25) is 10.0 Å². The van der Waals surface area contributed by atoms with Gasteiger partial charge in [0.25, 0.3) is 0 Å². The smallest absolute Gasteiger partial charge is 0.323 e. The normalized spacial score (nSPS) is 12.0. The number of hydrogen-bond donors (Lipinski definition) is 3. The van der Waals surface area contributed by atoms with Crippen LogP contribution < -0.4 is 10.5 Å². The highest BCUT2D eigenvalue weighted by atomic mass is 127. The second kappa shape index (κ2) is 8.89. The third kappa shape index (κ3) is 5.70. The van der Waals surface area contributed by atoms with E-state index in [2.05, 4.69) is 4.72 Å². The summed E-state index contributed by atoms with van der Waals surface area (Å²) in [7, 11) is -3.91. The van der Waals surface area contributed by atoms with Gasteiger partial charge < -0.3 is 10.8 Å².